The van der Waals surface area contributed by atoms with Crippen LogP contribution >= 0.6 is 23.2 Å². The molecule has 0 radical (unpaired) electrons. The van der Waals surface area contributed by atoms with Crippen molar-refractivity contribution in [2.24, 2.45) is 0 Å². The van der Waals surface area contributed by atoms with E-state index in [0.717, 1.165) is 0 Å². The van der Waals surface area contributed by atoms with E-state index in [1.807, 2.05) is 0 Å². The molecule has 1 amide bonds. The van der Waals surface area contributed by atoms with Crippen molar-refractivity contribution in [2.45, 2.75) is 0 Å². The SMILES string of the molecule is N#CC(C#N)=C(NC(=O)c1cccc(Cl)c1)Nc1ccccc1Cl. The Hall–Kier alpha value is -2.99. The molecule has 0 bridgehead atoms. The van der Waals surface area contributed by atoms with Crippen LogP contribution in [0.4, 0.5) is 5.69 Å². The van der Waals surface area contributed by atoms with Gasteiger partial charge in [-0.3, -0.25) is 4.79 Å². The first-order valence-corrected chi connectivity index (χ1v) is 7.43. The first kappa shape index (κ1) is 17.4. The zero-order valence-electron chi connectivity index (χ0n) is 12.2. The summed E-state index contributed by atoms with van der Waals surface area (Å²) in [6, 6.07) is 16.5. The third kappa shape index (κ3) is 4.27. The Balaban J connectivity index is 2.34. The van der Waals surface area contributed by atoms with Gasteiger partial charge in [0, 0.05) is 10.6 Å². The van der Waals surface area contributed by atoms with Crippen LogP contribution in [0, 0.1) is 22.7 Å². The summed E-state index contributed by atoms with van der Waals surface area (Å²) < 4.78 is 0. The van der Waals surface area contributed by atoms with E-state index in [0.29, 0.717) is 15.7 Å². The van der Waals surface area contributed by atoms with E-state index in [-0.39, 0.29) is 17.0 Å². The van der Waals surface area contributed by atoms with Gasteiger partial charge >= 0.3 is 0 Å². The van der Waals surface area contributed by atoms with Crippen molar-refractivity contribution in [3.63, 3.8) is 0 Å². The van der Waals surface area contributed by atoms with Gasteiger partial charge in [-0.15, -0.1) is 0 Å². The quantitative estimate of drug-likeness (QED) is 0.807. The molecule has 2 rings (SSSR count). The summed E-state index contributed by atoms with van der Waals surface area (Å²) in [4.78, 5) is 12.3. The Morgan fingerprint density at radius 2 is 1.71 bits per heavy atom. The zero-order valence-corrected chi connectivity index (χ0v) is 13.7. The maximum atomic E-state index is 12.3. The van der Waals surface area contributed by atoms with Crippen LogP contribution in [0.1, 0.15) is 10.4 Å². The van der Waals surface area contributed by atoms with Crippen molar-refractivity contribution in [3.05, 3.63) is 75.5 Å². The second-order valence-electron chi connectivity index (χ2n) is 4.54. The number of amides is 1. The molecule has 7 heteroatoms. The minimum atomic E-state index is -0.518. The van der Waals surface area contributed by atoms with E-state index in [2.05, 4.69) is 10.6 Å². The topological polar surface area (TPSA) is 88.7 Å². The van der Waals surface area contributed by atoms with Crippen LogP contribution in [0.2, 0.25) is 10.0 Å². The van der Waals surface area contributed by atoms with E-state index < -0.39 is 5.91 Å². The number of hydrogen-bond donors (Lipinski definition) is 2. The van der Waals surface area contributed by atoms with Gasteiger partial charge in [-0.25, -0.2) is 0 Å². The zero-order chi connectivity index (χ0) is 17.5. The van der Waals surface area contributed by atoms with E-state index in [1.54, 1.807) is 54.6 Å². The fourth-order valence-corrected chi connectivity index (χ4v) is 2.18. The van der Waals surface area contributed by atoms with E-state index in [1.165, 1.54) is 6.07 Å². The lowest BCUT2D eigenvalue weighted by Crippen LogP contribution is -2.28. The maximum absolute atomic E-state index is 12.3. The van der Waals surface area contributed by atoms with Crippen LogP contribution < -0.4 is 10.6 Å². The molecule has 0 aliphatic carbocycles. The molecule has 0 fully saturated rings. The number of nitrogens with zero attached hydrogens (tertiary/aromatic N) is 2. The maximum Gasteiger partial charge on any atom is 0.256 e. The average molecular weight is 357 g/mol. The molecule has 0 unspecified atom stereocenters. The smallest absolute Gasteiger partial charge is 0.256 e. The molecule has 2 N–H and O–H groups in total. The van der Waals surface area contributed by atoms with Gasteiger partial charge in [0.2, 0.25) is 0 Å². The van der Waals surface area contributed by atoms with Crippen LogP contribution in [0.3, 0.4) is 0 Å². The Labute approximate surface area is 148 Å². The van der Waals surface area contributed by atoms with Crippen LogP contribution in [0.5, 0.6) is 0 Å². The Morgan fingerprint density at radius 1 is 1.00 bits per heavy atom. The fraction of sp³-hybridized carbons (Fsp3) is 0. The second-order valence-corrected chi connectivity index (χ2v) is 5.39. The summed E-state index contributed by atoms with van der Waals surface area (Å²) in [5.41, 5.74) is 0.449. The average Bonchev–Trinajstić information content (AvgIpc) is 2.57. The predicted octanol–water partition coefficient (Wildman–Crippen LogP) is 4.09. The van der Waals surface area contributed by atoms with E-state index >= 15 is 0 Å². The monoisotopic (exact) mass is 356 g/mol. The molecular formula is C17H10Cl2N4O. The first-order chi connectivity index (χ1) is 11.5. The lowest BCUT2D eigenvalue weighted by molar-refractivity contribution is 0.0966. The number of halogens is 2. The van der Waals surface area contributed by atoms with Crippen molar-refractivity contribution < 1.29 is 4.79 Å². The predicted molar refractivity (Wildman–Crippen MR) is 92.2 cm³/mol. The molecule has 0 saturated heterocycles. The standard InChI is InChI=1S/C17H10Cl2N4O/c18-13-5-3-4-11(8-13)17(24)23-16(12(9-20)10-21)22-15-7-2-1-6-14(15)19/h1-8,22H,(H,23,24). The summed E-state index contributed by atoms with van der Waals surface area (Å²) in [5.74, 6) is -0.576. The lowest BCUT2D eigenvalue weighted by atomic mass is 10.2. The summed E-state index contributed by atoms with van der Waals surface area (Å²) in [6.45, 7) is 0. The molecule has 0 aliphatic rings. The number of para-hydroxylation sites is 1. The first-order valence-electron chi connectivity index (χ1n) is 6.68. The largest absolute Gasteiger partial charge is 0.339 e. The molecule has 0 aliphatic heterocycles. The second kappa shape index (κ2) is 8.03. The number of anilines is 1. The summed E-state index contributed by atoms with van der Waals surface area (Å²) in [6.07, 6.45) is 0. The number of carbonyl (C=O) groups is 1. The number of nitriles is 2. The Morgan fingerprint density at radius 3 is 2.33 bits per heavy atom. The molecule has 0 heterocycles. The highest BCUT2D eigenvalue weighted by Crippen LogP contribution is 2.22. The molecule has 24 heavy (non-hydrogen) atoms. The third-order valence-corrected chi connectivity index (χ3v) is 3.50. The highest BCUT2D eigenvalue weighted by molar-refractivity contribution is 6.33. The number of nitrogens with one attached hydrogen (secondary N) is 2. The van der Waals surface area contributed by atoms with Crippen molar-refractivity contribution in [2.75, 3.05) is 5.32 Å². The van der Waals surface area contributed by atoms with Crippen molar-refractivity contribution in [1.29, 1.82) is 10.5 Å². The normalized spacial score (nSPS) is 9.33. The highest BCUT2D eigenvalue weighted by atomic mass is 35.5. The fourth-order valence-electron chi connectivity index (χ4n) is 1.81. The summed E-state index contributed by atoms with van der Waals surface area (Å²) in [7, 11) is 0. The van der Waals surface area contributed by atoms with Crippen LogP contribution in [0.15, 0.2) is 59.9 Å². The molecule has 0 aromatic heterocycles. The highest BCUT2D eigenvalue weighted by Gasteiger charge is 2.14. The number of carbonyl (C=O) groups excluding carboxylic acids is 1. The van der Waals surface area contributed by atoms with E-state index in [4.69, 9.17) is 33.7 Å². The van der Waals surface area contributed by atoms with Gasteiger partial charge in [-0.05, 0) is 30.3 Å². The van der Waals surface area contributed by atoms with Gasteiger partial charge < -0.3 is 10.6 Å². The van der Waals surface area contributed by atoms with Gasteiger partial charge in [0.1, 0.15) is 18.0 Å². The number of benzene rings is 2. The van der Waals surface area contributed by atoms with E-state index in [9.17, 15) is 4.79 Å². The Kier molecular flexibility index (Phi) is 5.81. The van der Waals surface area contributed by atoms with Crippen molar-refractivity contribution >= 4 is 34.8 Å². The molecule has 5 nitrogen and oxygen atoms in total. The molecule has 0 spiro atoms. The minimum absolute atomic E-state index is 0.0573. The number of allylic oxidation sites excluding steroid dienone is 1. The van der Waals surface area contributed by atoms with Gasteiger partial charge in [-0.1, -0.05) is 41.4 Å². The number of hydrogen-bond acceptors (Lipinski definition) is 4. The lowest BCUT2D eigenvalue weighted by Gasteiger charge is -2.14. The Bertz CT molecular complexity index is 878. The minimum Gasteiger partial charge on any atom is -0.339 e. The van der Waals surface area contributed by atoms with Gasteiger partial charge in [0.25, 0.3) is 5.91 Å². The summed E-state index contributed by atoms with van der Waals surface area (Å²) >= 11 is 11.9. The number of rotatable bonds is 4. The molecular weight excluding hydrogens is 347 g/mol. The molecule has 0 atom stereocenters. The van der Waals surface area contributed by atoms with Gasteiger partial charge in [0.05, 0.1) is 10.7 Å². The third-order valence-electron chi connectivity index (χ3n) is 2.93. The van der Waals surface area contributed by atoms with Crippen LogP contribution in [-0.2, 0) is 0 Å². The van der Waals surface area contributed by atoms with Crippen molar-refractivity contribution in [1.82, 2.24) is 5.32 Å². The van der Waals surface area contributed by atoms with Crippen molar-refractivity contribution in [3.8, 4) is 12.1 Å². The molecule has 2 aromatic rings. The molecule has 0 saturated carbocycles. The van der Waals surface area contributed by atoms with Gasteiger partial charge in [0.15, 0.2) is 5.57 Å². The van der Waals surface area contributed by atoms with Gasteiger partial charge in [-0.2, -0.15) is 10.5 Å². The van der Waals surface area contributed by atoms with Crippen LogP contribution in [0.25, 0.3) is 0 Å². The molecule has 2 aromatic carbocycles. The summed E-state index contributed by atoms with van der Waals surface area (Å²) in [5, 5.41) is 24.3. The molecule has 118 valence electrons. The van der Waals surface area contributed by atoms with Crippen LogP contribution in [-0.4, -0.2) is 5.91 Å².